The molecule has 2 rings (SSSR count). The highest BCUT2D eigenvalue weighted by molar-refractivity contribution is 6.30. The lowest BCUT2D eigenvalue weighted by atomic mass is 10.1. The van der Waals surface area contributed by atoms with Gasteiger partial charge in [0, 0.05) is 16.8 Å². The molecule has 1 amide bonds. The number of carbonyl (C=O) groups is 1. The Balaban J connectivity index is 1.79. The van der Waals surface area contributed by atoms with Gasteiger partial charge in [-0.1, -0.05) is 37.3 Å². The molecule has 3 nitrogen and oxygen atoms in total. The van der Waals surface area contributed by atoms with E-state index in [-0.39, 0.29) is 5.91 Å². The first-order valence-corrected chi connectivity index (χ1v) is 7.82. The van der Waals surface area contributed by atoms with Gasteiger partial charge >= 0.3 is 0 Å². The Morgan fingerprint density at radius 3 is 2.60 bits per heavy atom. The van der Waals surface area contributed by atoms with Crippen molar-refractivity contribution < 1.29 is 4.79 Å². The summed E-state index contributed by atoms with van der Waals surface area (Å²) in [4.78, 5) is 12.0. The highest BCUT2D eigenvalue weighted by Crippen LogP contribution is 2.20. The first kappa shape index (κ1) is 15.3. The number of rotatable bonds is 4. The van der Waals surface area contributed by atoms with Crippen LogP contribution in [0.5, 0.6) is 0 Å². The number of hydrogen-bond donors (Lipinski definition) is 2. The lowest BCUT2D eigenvalue weighted by molar-refractivity contribution is -0.115. The number of benzene rings is 1. The Kier molecular flexibility index (Phi) is 5.86. The largest absolute Gasteiger partial charge is 0.325 e. The lowest BCUT2D eigenvalue weighted by Crippen LogP contribution is -2.35. The summed E-state index contributed by atoms with van der Waals surface area (Å²) in [6.45, 7) is 2.33. The van der Waals surface area contributed by atoms with E-state index in [0.29, 0.717) is 17.6 Å². The van der Waals surface area contributed by atoms with Gasteiger partial charge in [-0.3, -0.25) is 4.79 Å². The van der Waals surface area contributed by atoms with Crippen molar-refractivity contribution in [2.45, 2.75) is 51.5 Å². The molecule has 0 heterocycles. The van der Waals surface area contributed by atoms with Crippen molar-refractivity contribution in [2.24, 2.45) is 0 Å². The molecule has 2 N–H and O–H groups in total. The van der Waals surface area contributed by atoms with Crippen molar-refractivity contribution >= 4 is 23.2 Å². The predicted molar refractivity (Wildman–Crippen MR) is 84.3 cm³/mol. The second kappa shape index (κ2) is 7.65. The monoisotopic (exact) mass is 294 g/mol. The van der Waals surface area contributed by atoms with Gasteiger partial charge in [-0.25, -0.2) is 0 Å². The van der Waals surface area contributed by atoms with E-state index in [1.165, 1.54) is 38.5 Å². The molecule has 1 aromatic carbocycles. The van der Waals surface area contributed by atoms with Crippen molar-refractivity contribution in [3.05, 3.63) is 28.8 Å². The zero-order valence-electron chi connectivity index (χ0n) is 12.0. The van der Waals surface area contributed by atoms with Gasteiger partial charge in [0.05, 0.1) is 6.54 Å². The van der Waals surface area contributed by atoms with Crippen LogP contribution in [-0.2, 0) is 4.79 Å². The molecule has 0 aromatic heterocycles. The molecular formula is C16H23ClN2O. The molecule has 1 saturated carbocycles. The standard InChI is InChI=1S/C16H23ClN2O/c1-12-10-13(17)8-9-15(12)19-16(20)11-18-14-6-4-2-3-5-7-14/h8-10,14,18H,2-7,11H2,1H3,(H,19,20). The van der Waals surface area contributed by atoms with E-state index in [4.69, 9.17) is 11.6 Å². The fourth-order valence-electron chi connectivity index (χ4n) is 2.68. The van der Waals surface area contributed by atoms with E-state index in [0.717, 1.165) is 11.3 Å². The average molecular weight is 295 g/mol. The fourth-order valence-corrected chi connectivity index (χ4v) is 2.91. The summed E-state index contributed by atoms with van der Waals surface area (Å²) in [5.41, 5.74) is 1.82. The van der Waals surface area contributed by atoms with Crippen LogP contribution < -0.4 is 10.6 Å². The predicted octanol–water partition coefficient (Wildman–Crippen LogP) is 3.90. The van der Waals surface area contributed by atoms with Gasteiger partial charge in [0.2, 0.25) is 5.91 Å². The zero-order chi connectivity index (χ0) is 14.4. The third-order valence-electron chi connectivity index (χ3n) is 3.87. The molecular weight excluding hydrogens is 272 g/mol. The van der Waals surface area contributed by atoms with Crippen molar-refractivity contribution in [3.63, 3.8) is 0 Å². The second-order valence-electron chi connectivity index (χ2n) is 5.58. The topological polar surface area (TPSA) is 41.1 Å². The molecule has 0 saturated heterocycles. The maximum absolute atomic E-state index is 12.0. The molecule has 0 spiro atoms. The Morgan fingerprint density at radius 2 is 1.95 bits per heavy atom. The number of amides is 1. The SMILES string of the molecule is Cc1cc(Cl)ccc1NC(=O)CNC1CCCCCC1. The van der Waals surface area contributed by atoms with Gasteiger partial charge in [-0.2, -0.15) is 0 Å². The van der Waals surface area contributed by atoms with Gasteiger partial charge in [0.25, 0.3) is 0 Å². The summed E-state index contributed by atoms with van der Waals surface area (Å²) in [5.74, 6) is 0.0136. The van der Waals surface area contributed by atoms with E-state index in [1.807, 2.05) is 19.1 Å². The van der Waals surface area contributed by atoms with Crippen LogP contribution in [0.3, 0.4) is 0 Å². The minimum atomic E-state index is 0.0136. The normalized spacial score (nSPS) is 16.7. The first-order chi connectivity index (χ1) is 9.65. The fraction of sp³-hybridized carbons (Fsp3) is 0.562. The van der Waals surface area contributed by atoms with Crippen molar-refractivity contribution in [3.8, 4) is 0 Å². The Morgan fingerprint density at radius 1 is 1.25 bits per heavy atom. The van der Waals surface area contributed by atoms with Gasteiger partial charge in [0.1, 0.15) is 0 Å². The van der Waals surface area contributed by atoms with Gasteiger partial charge in [-0.05, 0) is 43.5 Å². The van der Waals surface area contributed by atoms with Crippen LogP contribution in [0, 0.1) is 6.92 Å². The maximum atomic E-state index is 12.0. The van der Waals surface area contributed by atoms with Crippen LogP contribution >= 0.6 is 11.6 Å². The minimum absolute atomic E-state index is 0.0136. The number of carbonyl (C=O) groups excluding carboxylic acids is 1. The van der Waals surface area contributed by atoms with Crippen LogP contribution in [-0.4, -0.2) is 18.5 Å². The molecule has 0 unspecified atom stereocenters. The van der Waals surface area contributed by atoms with Crippen LogP contribution in [0.15, 0.2) is 18.2 Å². The van der Waals surface area contributed by atoms with Crippen molar-refractivity contribution in [2.75, 3.05) is 11.9 Å². The van der Waals surface area contributed by atoms with E-state index >= 15 is 0 Å². The lowest BCUT2D eigenvalue weighted by Gasteiger charge is -2.16. The zero-order valence-corrected chi connectivity index (χ0v) is 12.8. The molecule has 0 bridgehead atoms. The summed E-state index contributed by atoms with van der Waals surface area (Å²) in [7, 11) is 0. The molecule has 110 valence electrons. The minimum Gasteiger partial charge on any atom is -0.325 e. The third-order valence-corrected chi connectivity index (χ3v) is 4.10. The molecule has 4 heteroatoms. The van der Waals surface area contributed by atoms with Gasteiger partial charge in [0.15, 0.2) is 0 Å². The Bertz CT molecular complexity index is 454. The quantitative estimate of drug-likeness (QED) is 0.827. The van der Waals surface area contributed by atoms with E-state index in [1.54, 1.807) is 6.07 Å². The van der Waals surface area contributed by atoms with Crippen molar-refractivity contribution in [1.82, 2.24) is 5.32 Å². The third kappa shape index (κ3) is 4.80. The maximum Gasteiger partial charge on any atom is 0.238 e. The molecule has 0 radical (unpaired) electrons. The summed E-state index contributed by atoms with van der Waals surface area (Å²) in [5, 5.41) is 7.00. The second-order valence-corrected chi connectivity index (χ2v) is 6.01. The molecule has 0 atom stereocenters. The molecule has 20 heavy (non-hydrogen) atoms. The Labute approximate surface area is 126 Å². The number of hydrogen-bond acceptors (Lipinski definition) is 2. The molecule has 1 aliphatic carbocycles. The molecule has 1 aliphatic rings. The summed E-state index contributed by atoms with van der Waals surface area (Å²) in [6, 6.07) is 5.99. The molecule has 1 aromatic rings. The average Bonchev–Trinajstić information content (AvgIpc) is 2.68. The van der Waals surface area contributed by atoms with Gasteiger partial charge < -0.3 is 10.6 Å². The van der Waals surface area contributed by atoms with E-state index in [9.17, 15) is 4.79 Å². The van der Waals surface area contributed by atoms with Crippen LogP contribution in [0.1, 0.15) is 44.1 Å². The highest BCUT2D eigenvalue weighted by atomic mass is 35.5. The smallest absolute Gasteiger partial charge is 0.238 e. The number of aryl methyl sites for hydroxylation is 1. The van der Waals surface area contributed by atoms with E-state index < -0.39 is 0 Å². The van der Waals surface area contributed by atoms with Crippen LogP contribution in [0.25, 0.3) is 0 Å². The van der Waals surface area contributed by atoms with Crippen LogP contribution in [0.2, 0.25) is 5.02 Å². The van der Waals surface area contributed by atoms with Crippen LogP contribution in [0.4, 0.5) is 5.69 Å². The highest BCUT2D eigenvalue weighted by Gasteiger charge is 2.13. The molecule has 0 aliphatic heterocycles. The molecule has 1 fully saturated rings. The van der Waals surface area contributed by atoms with E-state index in [2.05, 4.69) is 10.6 Å². The number of halogens is 1. The number of nitrogens with one attached hydrogen (secondary N) is 2. The summed E-state index contributed by atoms with van der Waals surface area (Å²) >= 11 is 5.91. The Hall–Kier alpha value is -1.06. The van der Waals surface area contributed by atoms with Crippen molar-refractivity contribution in [1.29, 1.82) is 0 Å². The summed E-state index contributed by atoms with van der Waals surface area (Å²) < 4.78 is 0. The van der Waals surface area contributed by atoms with Gasteiger partial charge in [-0.15, -0.1) is 0 Å². The summed E-state index contributed by atoms with van der Waals surface area (Å²) in [6.07, 6.45) is 7.58. The first-order valence-electron chi connectivity index (χ1n) is 7.44. The number of anilines is 1.